The number of allylic oxidation sites excluding steroid dienone is 2. The van der Waals surface area contributed by atoms with E-state index in [1.807, 2.05) is 6.07 Å². The number of carbonyl (C=O) groups excluding carboxylic acids is 2. The van der Waals surface area contributed by atoms with Crippen LogP contribution in [0.5, 0.6) is 0 Å². The van der Waals surface area contributed by atoms with Gasteiger partial charge in [-0.1, -0.05) is 90.4 Å². The van der Waals surface area contributed by atoms with Crippen molar-refractivity contribution in [3.05, 3.63) is 47.5 Å². The van der Waals surface area contributed by atoms with E-state index in [0.29, 0.717) is 29.6 Å². The summed E-state index contributed by atoms with van der Waals surface area (Å²) in [6.07, 6.45) is 12.5. The van der Waals surface area contributed by atoms with Crippen LogP contribution in [-0.2, 0) is 14.3 Å². The highest BCUT2D eigenvalue weighted by Gasteiger charge is 2.69. The molecule has 4 nitrogen and oxygen atoms in total. The lowest BCUT2D eigenvalue weighted by molar-refractivity contribution is -0.212. The van der Waals surface area contributed by atoms with Crippen LogP contribution < -0.4 is 5.32 Å². The van der Waals surface area contributed by atoms with Crippen LogP contribution in [0.2, 0.25) is 0 Å². The van der Waals surface area contributed by atoms with Crippen LogP contribution in [0.1, 0.15) is 132 Å². The van der Waals surface area contributed by atoms with Crippen LogP contribution >= 0.6 is 0 Å². The highest BCUT2D eigenvalue weighted by atomic mass is 16.5. The van der Waals surface area contributed by atoms with Crippen LogP contribution in [0.25, 0.3) is 0 Å². The third-order valence-corrected chi connectivity index (χ3v) is 15.3. The molecule has 0 radical (unpaired) electrons. The predicted octanol–water partition coefficient (Wildman–Crippen LogP) is 9.45. The Hall–Kier alpha value is -2.10. The summed E-state index contributed by atoms with van der Waals surface area (Å²) in [6.45, 7) is 21.1. The van der Waals surface area contributed by atoms with Crippen LogP contribution in [0.3, 0.4) is 0 Å². The van der Waals surface area contributed by atoms with Crippen molar-refractivity contribution in [2.75, 3.05) is 0 Å². The van der Waals surface area contributed by atoms with E-state index in [9.17, 15) is 9.59 Å². The first-order chi connectivity index (χ1) is 20.6. The van der Waals surface area contributed by atoms with Crippen molar-refractivity contribution < 1.29 is 14.3 Å². The topological polar surface area (TPSA) is 55.4 Å². The Morgan fingerprint density at radius 2 is 1.59 bits per heavy atom. The lowest BCUT2D eigenvalue weighted by Crippen LogP contribution is -2.66. The average molecular weight is 602 g/mol. The molecule has 0 spiro atoms. The van der Waals surface area contributed by atoms with Crippen molar-refractivity contribution in [3.8, 4) is 0 Å². The summed E-state index contributed by atoms with van der Waals surface area (Å²) in [5.74, 6) is 2.67. The summed E-state index contributed by atoms with van der Waals surface area (Å²) in [4.78, 5) is 26.6. The molecule has 0 heterocycles. The number of rotatable bonds is 4. The van der Waals surface area contributed by atoms with E-state index in [0.717, 1.165) is 44.9 Å². The second kappa shape index (κ2) is 10.7. The van der Waals surface area contributed by atoms with Crippen molar-refractivity contribution in [2.24, 2.45) is 56.7 Å². The van der Waals surface area contributed by atoms with Crippen molar-refractivity contribution in [3.63, 3.8) is 0 Å². The third kappa shape index (κ3) is 4.42. The first kappa shape index (κ1) is 31.9. The molecule has 0 aromatic heterocycles. The zero-order valence-electron chi connectivity index (χ0n) is 29.1. The van der Waals surface area contributed by atoms with Gasteiger partial charge in [-0.15, -0.1) is 0 Å². The van der Waals surface area contributed by atoms with Gasteiger partial charge in [0.25, 0.3) is 0 Å². The molecule has 242 valence electrons. The molecule has 1 amide bonds. The summed E-state index contributed by atoms with van der Waals surface area (Å²) < 4.78 is 5.95. The number of esters is 1. The molecule has 4 fully saturated rings. The van der Waals surface area contributed by atoms with Gasteiger partial charge < -0.3 is 10.1 Å². The molecule has 1 N–H and O–H groups in total. The van der Waals surface area contributed by atoms with Gasteiger partial charge in [0.15, 0.2) is 0 Å². The Morgan fingerprint density at radius 3 is 2.27 bits per heavy atom. The largest absolute Gasteiger partial charge is 0.462 e. The maximum Gasteiger partial charge on any atom is 0.302 e. The molecule has 5 aliphatic carbocycles. The van der Waals surface area contributed by atoms with Gasteiger partial charge >= 0.3 is 5.97 Å². The minimum atomic E-state index is -0.325. The Morgan fingerprint density at radius 1 is 0.886 bits per heavy atom. The van der Waals surface area contributed by atoms with Gasteiger partial charge in [0.05, 0.1) is 11.5 Å². The number of benzene rings is 1. The smallest absolute Gasteiger partial charge is 0.302 e. The Labute approximate surface area is 267 Å². The molecule has 1 aromatic rings. The summed E-state index contributed by atoms with van der Waals surface area (Å²) >= 11 is 0. The molecule has 0 aliphatic heterocycles. The molecule has 0 bridgehead atoms. The molecular formula is C40H59NO3. The van der Waals surface area contributed by atoms with Crippen molar-refractivity contribution >= 4 is 11.9 Å². The fourth-order valence-corrected chi connectivity index (χ4v) is 12.4. The molecule has 0 unspecified atom stereocenters. The number of ether oxygens (including phenoxy) is 1. The first-order valence-electron chi connectivity index (χ1n) is 17.9. The highest BCUT2D eigenvalue weighted by Crippen LogP contribution is 2.76. The third-order valence-electron chi connectivity index (χ3n) is 15.3. The van der Waals surface area contributed by atoms with E-state index in [-0.39, 0.29) is 51.1 Å². The van der Waals surface area contributed by atoms with E-state index >= 15 is 0 Å². The summed E-state index contributed by atoms with van der Waals surface area (Å²) in [6, 6.07) is 10.4. The van der Waals surface area contributed by atoms with Gasteiger partial charge in [-0.25, -0.2) is 0 Å². The molecule has 0 saturated heterocycles. The van der Waals surface area contributed by atoms with Crippen LogP contribution in [0, 0.1) is 56.7 Å². The van der Waals surface area contributed by atoms with E-state index in [2.05, 4.69) is 91.0 Å². The second-order valence-electron chi connectivity index (χ2n) is 17.4. The van der Waals surface area contributed by atoms with Crippen molar-refractivity contribution in [1.82, 2.24) is 5.32 Å². The molecule has 1 aromatic carbocycles. The number of carbonyl (C=O) groups is 2. The Balaban J connectivity index is 1.36. The minimum absolute atomic E-state index is 0.00405. The van der Waals surface area contributed by atoms with E-state index in [1.165, 1.54) is 18.4 Å². The molecule has 4 saturated carbocycles. The summed E-state index contributed by atoms with van der Waals surface area (Å²) in [5.41, 5.74) is 2.93. The van der Waals surface area contributed by atoms with Crippen molar-refractivity contribution in [2.45, 2.75) is 132 Å². The van der Waals surface area contributed by atoms with Gasteiger partial charge in [0.2, 0.25) is 5.91 Å². The number of fused-ring (bicyclic) bond motifs is 7. The number of hydrogen-bond acceptors (Lipinski definition) is 3. The molecule has 4 heteroatoms. The van der Waals surface area contributed by atoms with E-state index in [4.69, 9.17) is 4.74 Å². The minimum Gasteiger partial charge on any atom is -0.462 e. The normalized spacial score (nSPS) is 44.9. The molecule has 6 rings (SSSR count). The summed E-state index contributed by atoms with van der Waals surface area (Å²) in [5, 5.41) is 3.53. The van der Waals surface area contributed by atoms with Gasteiger partial charge in [-0.2, -0.15) is 0 Å². The Bertz CT molecular complexity index is 1320. The van der Waals surface area contributed by atoms with Crippen LogP contribution in [0.15, 0.2) is 42.0 Å². The zero-order valence-corrected chi connectivity index (χ0v) is 29.1. The predicted molar refractivity (Wildman–Crippen MR) is 178 cm³/mol. The molecule has 5 aliphatic rings. The fourth-order valence-electron chi connectivity index (χ4n) is 12.4. The van der Waals surface area contributed by atoms with E-state index in [1.54, 1.807) is 12.5 Å². The quantitative estimate of drug-likeness (QED) is 0.276. The Kier molecular flexibility index (Phi) is 7.77. The van der Waals surface area contributed by atoms with Gasteiger partial charge in [0, 0.05) is 12.3 Å². The van der Waals surface area contributed by atoms with E-state index < -0.39 is 0 Å². The van der Waals surface area contributed by atoms with Crippen LogP contribution in [0.4, 0.5) is 0 Å². The van der Waals surface area contributed by atoms with Gasteiger partial charge in [-0.05, 0) is 116 Å². The van der Waals surface area contributed by atoms with Crippen LogP contribution in [-0.4, -0.2) is 18.0 Å². The average Bonchev–Trinajstić information content (AvgIpc) is 2.97. The fraction of sp³-hybridized carbons (Fsp3) is 0.750. The summed E-state index contributed by atoms with van der Waals surface area (Å²) in [7, 11) is 0. The molecule has 11 atom stereocenters. The second-order valence-corrected chi connectivity index (χ2v) is 17.4. The highest BCUT2D eigenvalue weighted by molar-refractivity contribution is 5.84. The maximum atomic E-state index is 14.6. The molecular weight excluding hydrogens is 542 g/mol. The van der Waals surface area contributed by atoms with Crippen molar-refractivity contribution in [1.29, 1.82) is 0 Å². The lowest BCUT2D eigenvalue weighted by Gasteiger charge is -2.71. The monoisotopic (exact) mass is 601 g/mol. The first-order valence-corrected chi connectivity index (χ1v) is 17.9. The SMILES string of the molecule is CC(=O)O[C@H]1CC[C@]2(C)[C@H]3CC=C4[C@@H]5[C@@H](C)[C@H](C)CC[C@]5(C(=O)N[C@@H](C)c5ccccc5)CC[C@@]4(C)[C@]3(C)CC[C@H]2C1(C)C. The number of nitrogens with one attached hydrogen (secondary N) is 1. The molecule has 44 heavy (non-hydrogen) atoms. The lowest BCUT2D eigenvalue weighted by atomic mass is 9.33. The standard InChI is InChI=1S/C40H59NO3/c1-25-17-22-40(35(43)41-27(3)29-13-11-10-12-14-29)24-23-38(8)30(34(40)26(25)2)15-16-32-37(7)20-19-33(44-28(4)42)36(5,6)31(37)18-21-39(32,38)9/h10-15,25-27,31-34H,16-24H2,1-9H3,(H,41,43)/t25-,26+,27+,31+,32-,33+,34+,37+,38-,39-,40+/m1/s1. The zero-order chi connectivity index (χ0) is 31.9. The maximum absolute atomic E-state index is 14.6. The van der Waals surface area contributed by atoms with Gasteiger partial charge in [0.1, 0.15) is 6.10 Å². The number of amides is 1. The van der Waals surface area contributed by atoms with Gasteiger partial charge in [-0.3, -0.25) is 9.59 Å². The number of hydrogen-bond donors (Lipinski definition) is 1.